The summed E-state index contributed by atoms with van der Waals surface area (Å²) in [5, 5.41) is 80.0. The fourth-order valence-corrected chi connectivity index (χ4v) is 3.75. The van der Waals surface area contributed by atoms with Crippen molar-refractivity contribution in [3.63, 3.8) is 0 Å². The van der Waals surface area contributed by atoms with Crippen LogP contribution in [-0.2, 0) is 0 Å². The number of hydrogen-bond acceptors (Lipinski definition) is 11. The predicted molar refractivity (Wildman–Crippen MR) is 111 cm³/mol. The van der Waals surface area contributed by atoms with Gasteiger partial charge in [0, 0.05) is 49.4 Å². The smallest absolute Gasteiger partial charge is 0.205 e. The van der Waals surface area contributed by atoms with Crippen molar-refractivity contribution >= 4 is 64.2 Å². The van der Waals surface area contributed by atoms with E-state index in [1.807, 2.05) is 0 Å². The second-order valence-corrected chi connectivity index (χ2v) is 6.59. The Labute approximate surface area is 203 Å². The van der Waals surface area contributed by atoms with Crippen LogP contribution in [0.2, 0.25) is 0 Å². The molecule has 0 heterocycles. The standard InChI is InChI=1S/C18H11BNO9S.U/c19-9-6-4(13(24)16(27)15(9)26)2-1-3(21)11(22)12(23)5(2)7-8(6)14(25)17(28)18(29-30)10(7)20;/h21-28,30H,20H2;/q-1;. The van der Waals surface area contributed by atoms with Crippen LogP contribution in [0.1, 0.15) is 0 Å². The topological polar surface area (TPSA) is 197 Å². The second kappa shape index (κ2) is 7.37. The Kier molecular flexibility index (Phi) is 5.42. The van der Waals surface area contributed by atoms with Crippen molar-refractivity contribution in [2.45, 2.75) is 0 Å². The molecule has 156 valence electrons. The van der Waals surface area contributed by atoms with Crippen LogP contribution >= 0.6 is 12.9 Å². The van der Waals surface area contributed by atoms with E-state index >= 15 is 0 Å². The van der Waals surface area contributed by atoms with E-state index in [0.717, 1.165) is 0 Å². The zero-order valence-electron chi connectivity index (χ0n) is 15.1. The third-order valence-corrected chi connectivity index (χ3v) is 5.10. The first-order valence-electron chi connectivity index (χ1n) is 8.00. The average molecular weight is 666 g/mol. The molecule has 0 saturated heterocycles. The van der Waals surface area contributed by atoms with Crippen molar-refractivity contribution in [2.75, 3.05) is 5.73 Å². The molecule has 0 amide bonds. The van der Waals surface area contributed by atoms with Crippen molar-refractivity contribution in [1.82, 2.24) is 0 Å². The molecule has 10 nitrogen and oxygen atoms in total. The number of nitrogen functional groups attached to an aromatic ring is 1. The molecule has 13 heteroatoms. The van der Waals surface area contributed by atoms with Crippen LogP contribution in [0.4, 0.5) is 5.69 Å². The van der Waals surface area contributed by atoms with E-state index in [1.165, 1.54) is 0 Å². The molecule has 0 spiro atoms. The van der Waals surface area contributed by atoms with Gasteiger partial charge in [0.2, 0.25) is 11.5 Å². The van der Waals surface area contributed by atoms with Gasteiger partial charge >= 0.3 is 0 Å². The van der Waals surface area contributed by atoms with Gasteiger partial charge in [-0.05, 0) is 16.2 Å². The molecule has 4 aromatic carbocycles. The third kappa shape index (κ3) is 2.74. The summed E-state index contributed by atoms with van der Waals surface area (Å²) in [6, 6.07) is 2.33. The molecule has 0 aliphatic carbocycles. The normalized spacial score (nSPS) is 11.1. The van der Waals surface area contributed by atoms with Crippen molar-refractivity contribution < 1.29 is 76.1 Å². The van der Waals surface area contributed by atoms with Crippen LogP contribution in [0.15, 0.2) is 0 Å². The monoisotopic (exact) mass is 666 g/mol. The Morgan fingerprint density at radius 3 is 1.77 bits per heavy atom. The van der Waals surface area contributed by atoms with Gasteiger partial charge in [-0.1, -0.05) is 16.9 Å². The summed E-state index contributed by atoms with van der Waals surface area (Å²) in [6.07, 6.45) is 0. The Bertz CT molecular complexity index is 1440. The number of aromatic hydroxyl groups is 8. The first-order chi connectivity index (χ1) is 14.0. The number of thiol groups is 1. The molecular weight excluding hydrogens is 655 g/mol. The van der Waals surface area contributed by atoms with E-state index in [9.17, 15) is 40.9 Å². The maximum atomic E-state index is 10.6. The summed E-state index contributed by atoms with van der Waals surface area (Å²) in [6.45, 7) is 0. The molecule has 0 bridgehead atoms. The van der Waals surface area contributed by atoms with E-state index in [2.05, 4.69) is 19.0 Å². The minimum atomic E-state index is -1.03. The van der Waals surface area contributed by atoms with E-state index in [1.54, 1.807) is 0 Å². The zero-order valence-corrected chi connectivity index (χ0v) is 20.1. The third-order valence-electron chi connectivity index (χ3n) is 4.92. The number of rotatable bonds is 1. The van der Waals surface area contributed by atoms with Gasteiger partial charge in [-0.25, -0.2) is 0 Å². The molecule has 0 unspecified atom stereocenters. The van der Waals surface area contributed by atoms with Gasteiger partial charge in [0.1, 0.15) is 19.3 Å². The van der Waals surface area contributed by atoms with Crippen molar-refractivity contribution in [3.05, 3.63) is 6.07 Å². The van der Waals surface area contributed by atoms with Gasteiger partial charge in [-0.15, -0.1) is 5.39 Å². The van der Waals surface area contributed by atoms with Gasteiger partial charge in [0.15, 0.2) is 17.2 Å². The molecule has 2 radical (unpaired) electrons. The Hall–Kier alpha value is -2.87. The summed E-state index contributed by atoms with van der Waals surface area (Å²) in [5.41, 5.74) is 5.11. The summed E-state index contributed by atoms with van der Waals surface area (Å²) in [7, 11) is 5.90. The molecule has 0 atom stereocenters. The molecule has 31 heavy (non-hydrogen) atoms. The molecule has 0 aliphatic rings. The molecular formula is C18H11BNO9SU-. The Morgan fingerprint density at radius 1 is 0.677 bits per heavy atom. The fourth-order valence-electron chi connectivity index (χ4n) is 3.57. The maximum Gasteiger partial charge on any atom is 0.205 e. The average Bonchev–Trinajstić information content (AvgIpc) is 2.71. The van der Waals surface area contributed by atoms with E-state index in [0.29, 0.717) is 0 Å². The Morgan fingerprint density at radius 2 is 1.19 bits per heavy atom. The van der Waals surface area contributed by atoms with Crippen LogP contribution < -0.4 is 15.4 Å². The van der Waals surface area contributed by atoms with E-state index < -0.39 is 57.2 Å². The number of fused-ring (bicyclic) bond motifs is 6. The van der Waals surface area contributed by atoms with Gasteiger partial charge in [-0.2, -0.15) is 0 Å². The number of nitrogens with two attached hydrogens (primary N) is 1. The first kappa shape index (κ1) is 22.8. The minimum Gasteiger partial charge on any atom is -0.545 e. The van der Waals surface area contributed by atoms with Gasteiger partial charge in [-0.3, -0.25) is 0 Å². The molecule has 0 fully saturated rings. The molecule has 0 saturated carbocycles. The summed E-state index contributed by atoms with van der Waals surface area (Å²) < 4.78 is 4.70. The molecule has 4 rings (SSSR count). The maximum absolute atomic E-state index is 10.6. The second-order valence-electron chi connectivity index (χ2n) is 6.41. The van der Waals surface area contributed by atoms with Gasteiger partial charge < -0.3 is 50.8 Å². The molecule has 0 aliphatic heterocycles. The SMILES string of the molecule is [B]c1c(O)c(O)c(O)c2c3[c-]c(O)c(O)c(O)c3c3c(N)c(OS)c(O)c(O)c3c12.[U]. The number of hydrogen-bond donors (Lipinski definition) is 10. The number of benzene rings is 4. The van der Waals surface area contributed by atoms with E-state index in [-0.39, 0.29) is 69.1 Å². The predicted octanol–water partition coefficient (Wildman–Crippen LogP) is 1.19. The minimum absolute atomic E-state index is 0. The Balaban J connectivity index is 0.00000272. The molecule has 4 aromatic rings. The molecule has 10 N–H and O–H groups in total. The van der Waals surface area contributed by atoms with Gasteiger partial charge in [0.05, 0.1) is 17.2 Å². The van der Waals surface area contributed by atoms with Crippen molar-refractivity contribution in [1.29, 1.82) is 0 Å². The van der Waals surface area contributed by atoms with Crippen LogP contribution in [0, 0.1) is 37.2 Å². The van der Waals surface area contributed by atoms with Gasteiger partial charge in [0.25, 0.3) is 0 Å². The zero-order chi connectivity index (χ0) is 22.2. The molecule has 0 aromatic heterocycles. The number of phenols is 8. The quantitative estimate of drug-likeness (QED) is 0.0206. The first-order valence-corrected chi connectivity index (χ1v) is 8.37. The van der Waals surface area contributed by atoms with E-state index in [4.69, 9.17) is 17.8 Å². The van der Waals surface area contributed by atoms with Crippen molar-refractivity contribution in [2.24, 2.45) is 0 Å². The largest absolute Gasteiger partial charge is 0.545 e. The van der Waals surface area contributed by atoms with Crippen LogP contribution in [0.3, 0.4) is 0 Å². The van der Waals surface area contributed by atoms with Crippen molar-refractivity contribution in [3.8, 4) is 51.7 Å². The summed E-state index contributed by atoms with van der Waals surface area (Å²) in [5.74, 6) is -8.06. The summed E-state index contributed by atoms with van der Waals surface area (Å²) in [4.78, 5) is 0. The van der Waals surface area contributed by atoms with Crippen LogP contribution in [0.25, 0.3) is 32.3 Å². The fraction of sp³-hybridized carbons (Fsp3) is 0. The summed E-state index contributed by atoms with van der Waals surface area (Å²) >= 11 is 3.57. The number of phenolic OH excluding ortho intramolecular Hbond substituents is 8. The van der Waals surface area contributed by atoms with Crippen LogP contribution in [0.5, 0.6) is 51.7 Å². The van der Waals surface area contributed by atoms with Crippen LogP contribution in [-0.4, -0.2) is 48.7 Å². The number of anilines is 1.